The van der Waals surface area contributed by atoms with Gasteiger partial charge >= 0.3 is 12.0 Å². The molecule has 0 atom stereocenters. The van der Waals surface area contributed by atoms with E-state index < -0.39 is 18.5 Å². The number of carbonyl (C=O) groups is 3. The normalized spacial score (nSPS) is 10.1. The first-order chi connectivity index (χ1) is 9.87. The van der Waals surface area contributed by atoms with Crippen LogP contribution in [0.2, 0.25) is 0 Å². The molecule has 0 fully saturated rings. The molecule has 0 aliphatic carbocycles. The monoisotopic (exact) mass is 303 g/mol. The Balaban J connectivity index is 4.67. The number of methoxy groups -OCH3 is 1. The van der Waals surface area contributed by atoms with Crippen LogP contribution in [0.25, 0.3) is 0 Å². The number of likely N-dealkylation sites (N-methyl/N-ethyl adjacent to an activating group) is 2. The lowest BCUT2D eigenvalue weighted by atomic mass is 10.4. The van der Waals surface area contributed by atoms with Crippen molar-refractivity contribution in [3.05, 3.63) is 0 Å². The van der Waals surface area contributed by atoms with Crippen molar-refractivity contribution in [2.75, 3.05) is 53.5 Å². The lowest BCUT2D eigenvalue weighted by Crippen LogP contribution is -2.48. The Morgan fingerprint density at radius 2 is 1.62 bits per heavy atom. The molecule has 21 heavy (non-hydrogen) atoms. The zero-order chi connectivity index (χ0) is 16.4. The molecule has 0 spiro atoms. The number of ether oxygens (including phenoxy) is 1. The van der Waals surface area contributed by atoms with Crippen molar-refractivity contribution in [3.8, 4) is 0 Å². The van der Waals surface area contributed by atoms with Gasteiger partial charge in [-0.15, -0.1) is 0 Å². The van der Waals surface area contributed by atoms with Gasteiger partial charge in [0.2, 0.25) is 5.91 Å². The number of rotatable bonds is 9. The fourth-order valence-electron chi connectivity index (χ4n) is 1.80. The molecule has 0 aromatic rings. The summed E-state index contributed by atoms with van der Waals surface area (Å²) in [5, 5.41) is 8.83. The van der Waals surface area contributed by atoms with Crippen LogP contribution in [0.1, 0.15) is 13.8 Å². The predicted octanol–water partition coefficient (Wildman–Crippen LogP) is -0.0604. The maximum atomic E-state index is 12.2. The van der Waals surface area contributed by atoms with Gasteiger partial charge in [0.15, 0.2) is 0 Å². The molecule has 0 saturated heterocycles. The lowest BCUT2D eigenvalue weighted by Gasteiger charge is -2.28. The van der Waals surface area contributed by atoms with Gasteiger partial charge in [-0.3, -0.25) is 9.59 Å². The van der Waals surface area contributed by atoms with Crippen molar-refractivity contribution in [3.63, 3.8) is 0 Å². The van der Waals surface area contributed by atoms with E-state index in [1.54, 1.807) is 4.90 Å². The Morgan fingerprint density at radius 1 is 1.05 bits per heavy atom. The summed E-state index contributed by atoms with van der Waals surface area (Å²) in [6, 6.07) is -0.505. The van der Waals surface area contributed by atoms with Crippen molar-refractivity contribution < 1.29 is 24.2 Å². The molecule has 8 heteroatoms. The van der Waals surface area contributed by atoms with Crippen LogP contribution < -0.4 is 0 Å². The second kappa shape index (κ2) is 9.98. The zero-order valence-corrected chi connectivity index (χ0v) is 13.2. The lowest BCUT2D eigenvalue weighted by molar-refractivity contribution is -0.137. The van der Waals surface area contributed by atoms with E-state index in [0.717, 1.165) is 4.90 Å². The summed E-state index contributed by atoms with van der Waals surface area (Å²) >= 11 is 0. The highest BCUT2D eigenvalue weighted by Crippen LogP contribution is 2.00. The van der Waals surface area contributed by atoms with Crippen LogP contribution in [0.3, 0.4) is 0 Å². The molecular weight excluding hydrogens is 278 g/mol. The van der Waals surface area contributed by atoms with Gasteiger partial charge in [-0.2, -0.15) is 0 Å². The van der Waals surface area contributed by atoms with E-state index in [9.17, 15) is 14.4 Å². The third-order valence-corrected chi connectivity index (χ3v) is 2.98. The Bertz CT molecular complexity index is 358. The smallest absolute Gasteiger partial charge is 0.323 e. The maximum absolute atomic E-state index is 12.2. The van der Waals surface area contributed by atoms with Crippen LogP contribution in [-0.2, 0) is 14.3 Å². The van der Waals surface area contributed by atoms with Gasteiger partial charge in [0.25, 0.3) is 0 Å². The number of nitrogens with zero attached hydrogens (tertiary/aromatic N) is 3. The first-order valence-electron chi connectivity index (χ1n) is 6.85. The molecule has 0 radical (unpaired) electrons. The van der Waals surface area contributed by atoms with E-state index >= 15 is 0 Å². The van der Waals surface area contributed by atoms with Gasteiger partial charge in [-0.05, 0) is 13.8 Å². The van der Waals surface area contributed by atoms with Crippen LogP contribution in [0.5, 0.6) is 0 Å². The van der Waals surface area contributed by atoms with Crippen LogP contribution in [-0.4, -0.2) is 91.2 Å². The van der Waals surface area contributed by atoms with Crippen molar-refractivity contribution >= 4 is 17.9 Å². The van der Waals surface area contributed by atoms with Crippen molar-refractivity contribution in [2.45, 2.75) is 13.8 Å². The molecule has 3 amide bonds. The number of hydrogen-bond acceptors (Lipinski definition) is 4. The molecule has 122 valence electrons. The number of urea groups is 1. The highest BCUT2D eigenvalue weighted by atomic mass is 16.5. The van der Waals surface area contributed by atoms with E-state index in [2.05, 4.69) is 0 Å². The number of carboxylic acids is 1. The van der Waals surface area contributed by atoms with Crippen LogP contribution in [0.4, 0.5) is 4.79 Å². The molecule has 0 bridgehead atoms. The summed E-state index contributed by atoms with van der Waals surface area (Å²) < 4.78 is 4.86. The predicted molar refractivity (Wildman–Crippen MR) is 77.0 cm³/mol. The number of amides is 3. The molecule has 1 N–H and O–H groups in total. The van der Waals surface area contributed by atoms with Gasteiger partial charge in [0.05, 0.1) is 6.61 Å². The average molecular weight is 303 g/mol. The van der Waals surface area contributed by atoms with Gasteiger partial charge in [-0.25, -0.2) is 4.79 Å². The Kier molecular flexibility index (Phi) is 9.11. The standard InChI is InChI=1S/C13H25N3O5/c1-5-15(6-2)11(17)9-14(3)13(20)16(7-8-21-4)10-12(18)19/h5-10H2,1-4H3,(H,18,19). The van der Waals surface area contributed by atoms with Crippen molar-refractivity contribution in [1.29, 1.82) is 0 Å². The molecular formula is C13H25N3O5. The second-order valence-corrected chi connectivity index (χ2v) is 4.51. The minimum atomic E-state index is -1.11. The minimum absolute atomic E-state index is 0.0797. The van der Waals surface area contributed by atoms with E-state index in [4.69, 9.17) is 9.84 Å². The summed E-state index contributed by atoms with van der Waals surface area (Å²) in [5.41, 5.74) is 0. The van der Waals surface area contributed by atoms with Crippen molar-refractivity contribution in [2.24, 2.45) is 0 Å². The van der Waals surface area contributed by atoms with Gasteiger partial charge < -0.3 is 24.5 Å². The molecule has 0 aromatic heterocycles. The topological polar surface area (TPSA) is 90.4 Å². The van der Waals surface area contributed by atoms with Crippen LogP contribution in [0, 0.1) is 0 Å². The summed E-state index contributed by atoms with van der Waals surface area (Å²) in [7, 11) is 2.95. The molecule has 0 aliphatic heterocycles. The Morgan fingerprint density at radius 3 is 2.05 bits per heavy atom. The van der Waals surface area contributed by atoms with E-state index in [1.807, 2.05) is 13.8 Å². The molecule has 0 saturated carbocycles. The fraction of sp³-hybridized carbons (Fsp3) is 0.769. The summed E-state index contributed by atoms with van der Waals surface area (Å²) in [5.74, 6) is -1.28. The average Bonchev–Trinajstić information content (AvgIpc) is 2.43. The Labute approximate surface area is 125 Å². The summed E-state index contributed by atoms with van der Waals surface area (Å²) in [6.07, 6.45) is 0. The molecule has 0 aromatic carbocycles. The number of hydrogen-bond donors (Lipinski definition) is 1. The number of aliphatic carboxylic acids is 1. The van der Waals surface area contributed by atoms with Gasteiger partial charge in [0.1, 0.15) is 13.1 Å². The first-order valence-corrected chi connectivity index (χ1v) is 6.85. The summed E-state index contributed by atoms with van der Waals surface area (Å²) in [4.78, 5) is 38.9. The fourth-order valence-corrected chi connectivity index (χ4v) is 1.80. The van der Waals surface area contributed by atoms with Gasteiger partial charge in [-0.1, -0.05) is 0 Å². The second-order valence-electron chi connectivity index (χ2n) is 4.51. The summed E-state index contributed by atoms with van der Waals surface area (Å²) in [6.45, 7) is 4.74. The highest BCUT2D eigenvalue weighted by Gasteiger charge is 2.23. The van der Waals surface area contributed by atoms with E-state index in [-0.39, 0.29) is 25.6 Å². The van der Waals surface area contributed by atoms with Crippen molar-refractivity contribution in [1.82, 2.24) is 14.7 Å². The molecule has 0 heterocycles. The maximum Gasteiger partial charge on any atom is 0.323 e. The number of carbonyl (C=O) groups excluding carboxylic acids is 2. The molecule has 0 aliphatic rings. The third kappa shape index (κ3) is 6.94. The number of carboxylic acid groups (broad SMARTS) is 1. The molecule has 0 rings (SSSR count). The minimum Gasteiger partial charge on any atom is -0.480 e. The SMILES string of the molecule is CCN(CC)C(=O)CN(C)C(=O)N(CCOC)CC(=O)O. The first kappa shape index (κ1) is 19.2. The van der Waals surface area contributed by atoms with Crippen LogP contribution >= 0.6 is 0 Å². The Hall–Kier alpha value is -1.83. The zero-order valence-electron chi connectivity index (χ0n) is 13.2. The van der Waals surface area contributed by atoms with E-state index in [1.165, 1.54) is 19.1 Å². The van der Waals surface area contributed by atoms with Gasteiger partial charge in [0, 0.05) is 33.8 Å². The quantitative estimate of drug-likeness (QED) is 0.644. The molecule has 0 unspecified atom stereocenters. The van der Waals surface area contributed by atoms with Crippen LogP contribution in [0.15, 0.2) is 0 Å². The highest BCUT2D eigenvalue weighted by molar-refractivity contribution is 5.85. The largest absolute Gasteiger partial charge is 0.480 e. The van der Waals surface area contributed by atoms with E-state index in [0.29, 0.717) is 13.1 Å². The third-order valence-electron chi connectivity index (χ3n) is 2.98. The molecule has 8 nitrogen and oxygen atoms in total.